The van der Waals surface area contributed by atoms with E-state index in [2.05, 4.69) is 10.3 Å². The molecule has 2 heterocycles. The van der Waals surface area contributed by atoms with Crippen LogP contribution in [0, 0.1) is 6.92 Å². The Morgan fingerprint density at radius 3 is 2.69 bits per heavy atom. The first-order valence-corrected chi connectivity index (χ1v) is 9.47. The molecular weight excluding hydrogens is 372 g/mol. The smallest absolute Gasteiger partial charge is 0.338 e. The highest BCUT2D eigenvalue weighted by Gasteiger charge is 2.16. The van der Waals surface area contributed by atoms with Crippen molar-refractivity contribution in [1.29, 1.82) is 0 Å². The number of esters is 1. The lowest BCUT2D eigenvalue weighted by Gasteiger charge is -2.11. The fourth-order valence-electron chi connectivity index (χ4n) is 2.83. The lowest BCUT2D eigenvalue weighted by molar-refractivity contribution is 0.0378. The van der Waals surface area contributed by atoms with Crippen LogP contribution in [0.4, 0.5) is 5.69 Å². The summed E-state index contributed by atoms with van der Waals surface area (Å²) in [6, 6.07) is 10.1. The number of amides is 1. The predicted molar refractivity (Wildman–Crippen MR) is 109 cm³/mol. The van der Waals surface area contributed by atoms with Crippen molar-refractivity contribution in [3.8, 4) is 0 Å². The second-order valence-electron chi connectivity index (χ2n) is 6.85. The molecule has 0 bridgehead atoms. The summed E-state index contributed by atoms with van der Waals surface area (Å²) in [5.41, 5.74) is 2.34. The number of carbonyl (C=O) groups excluding carboxylic acids is 2. The van der Waals surface area contributed by atoms with Crippen LogP contribution in [0.25, 0.3) is 10.9 Å². The molecule has 3 rings (SSSR count). The van der Waals surface area contributed by atoms with Crippen LogP contribution in [0.3, 0.4) is 0 Å². The number of pyridine rings is 1. The van der Waals surface area contributed by atoms with Crippen molar-refractivity contribution < 1.29 is 23.5 Å². The summed E-state index contributed by atoms with van der Waals surface area (Å²) in [5.74, 6) is -0.0645. The molecule has 1 amide bonds. The number of aromatic nitrogens is 1. The highest BCUT2D eigenvalue weighted by molar-refractivity contribution is 6.08. The molecule has 0 saturated carbocycles. The number of fused-ring (bicyclic) bond motifs is 1. The van der Waals surface area contributed by atoms with E-state index in [1.165, 1.54) is 0 Å². The van der Waals surface area contributed by atoms with Gasteiger partial charge in [-0.05, 0) is 64.1 Å². The van der Waals surface area contributed by atoms with Gasteiger partial charge in [0, 0.05) is 17.7 Å². The number of nitrogens with zero attached hydrogens (tertiary/aromatic N) is 1. The Bertz CT molecular complexity index is 1040. The minimum Gasteiger partial charge on any atom is -0.459 e. The number of hydrogen-bond acceptors (Lipinski definition) is 6. The summed E-state index contributed by atoms with van der Waals surface area (Å²) < 4.78 is 16.1. The zero-order valence-electron chi connectivity index (χ0n) is 16.9. The third-order valence-electron chi connectivity index (χ3n) is 4.10. The Kier molecular flexibility index (Phi) is 6.29. The fourth-order valence-corrected chi connectivity index (χ4v) is 2.83. The van der Waals surface area contributed by atoms with Crippen LogP contribution >= 0.6 is 0 Å². The largest absolute Gasteiger partial charge is 0.459 e. The summed E-state index contributed by atoms with van der Waals surface area (Å²) in [4.78, 5) is 29.4. The molecule has 0 aliphatic rings. The average Bonchev–Trinajstić information content (AvgIpc) is 3.14. The quantitative estimate of drug-likeness (QED) is 0.592. The lowest BCUT2D eigenvalue weighted by Crippen LogP contribution is -2.13. The van der Waals surface area contributed by atoms with Crippen molar-refractivity contribution in [2.24, 2.45) is 0 Å². The van der Waals surface area contributed by atoms with Gasteiger partial charge < -0.3 is 19.2 Å². The van der Waals surface area contributed by atoms with E-state index in [1.54, 1.807) is 50.2 Å². The van der Waals surface area contributed by atoms with Crippen LogP contribution in [-0.2, 0) is 16.1 Å². The third-order valence-corrected chi connectivity index (χ3v) is 4.10. The number of furan rings is 1. The minimum atomic E-state index is -0.425. The molecule has 0 fully saturated rings. The van der Waals surface area contributed by atoms with Crippen LogP contribution in [0.1, 0.15) is 53.1 Å². The van der Waals surface area contributed by atoms with Crippen molar-refractivity contribution >= 4 is 28.5 Å². The van der Waals surface area contributed by atoms with Crippen LogP contribution in [-0.4, -0.2) is 29.6 Å². The highest BCUT2D eigenvalue weighted by Crippen LogP contribution is 2.26. The van der Waals surface area contributed by atoms with Gasteiger partial charge in [-0.25, -0.2) is 4.79 Å². The van der Waals surface area contributed by atoms with Gasteiger partial charge in [0.1, 0.15) is 12.4 Å². The van der Waals surface area contributed by atoms with Gasteiger partial charge in [-0.3, -0.25) is 9.78 Å². The number of aryl methyl sites for hydroxylation is 1. The zero-order valence-corrected chi connectivity index (χ0v) is 16.9. The SMILES string of the molecule is CCOCc1ccc(C(=O)Nc2cc(C)nc3ccc(C(=O)OC(C)C)cc23)o1. The van der Waals surface area contributed by atoms with Gasteiger partial charge in [-0.1, -0.05) is 0 Å². The van der Waals surface area contributed by atoms with Crippen molar-refractivity contribution in [3.05, 3.63) is 59.2 Å². The molecule has 29 heavy (non-hydrogen) atoms. The standard InChI is InChI=1S/C22H24N2O5/c1-5-27-12-16-7-9-20(29-16)21(25)24-19-10-14(4)23-18-8-6-15(11-17(18)19)22(26)28-13(2)3/h6-11,13H,5,12H2,1-4H3,(H,23,24,25). The second-order valence-corrected chi connectivity index (χ2v) is 6.85. The van der Waals surface area contributed by atoms with Crippen LogP contribution in [0.2, 0.25) is 0 Å². The number of rotatable bonds is 7. The normalized spacial score (nSPS) is 11.1. The number of anilines is 1. The number of benzene rings is 1. The van der Waals surface area contributed by atoms with Crippen molar-refractivity contribution in [1.82, 2.24) is 4.98 Å². The first-order chi connectivity index (χ1) is 13.9. The molecule has 0 spiro atoms. The second kappa shape index (κ2) is 8.87. The van der Waals surface area contributed by atoms with Gasteiger partial charge in [-0.15, -0.1) is 0 Å². The molecule has 1 aromatic carbocycles. The van der Waals surface area contributed by atoms with Crippen LogP contribution < -0.4 is 5.32 Å². The zero-order chi connectivity index (χ0) is 21.0. The summed E-state index contributed by atoms with van der Waals surface area (Å²) >= 11 is 0. The lowest BCUT2D eigenvalue weighted by atomic mass is 10.1. The third kappa shape index (κ3) is 5.00. The van der Waals surface area contributed by atoms with Gasteiger partial charge in [0.25, 0.3) is 5.91 Å². The Morgan fingerprint density at radius 1 is 1.17 bits per heavy atom. The maximum absolute atomic E-state index is 12.7. The molecule has 1 N–H and O–H groups in total. The summed E-state index contributed by atoms with van der Waals surface area (Å²) in [5, 5.41) is 3.49. The molecule has 152 valence electrons. The van der Waals surface area contributed by atoms with E-state index in [4.69, 9.17) is 13.9 Å². The van der Waals surface area contributed by atoms with E-state index >= 15 is 0 Å². The summed E-state index contributed by atoms with van der Waals surface area (Å²) in [7, 11) is 0. The fraction of sp³-hybridized carbons (Fsp3) is 0.318. The molecule has 0 radical (unpaired) electrons. The number of hydrogen-bond donors (Lipinski definition) is 1. The maximum atomic E-state index is 12.7. The average molecular weight is 396 g/mol. The molecule has 0 saturated heterocycles. The molecule has 0 aliphatic carbocycles. The molecule has 7 nitrogen and oxygen atoms in total. The van der Waals surface area contributed by atoms with E-state index < -0.39 is 11.9 Å². The minimum absolute atomic E-state index is 0.178. The maximum Gasteiger partial charge on any atom is 0.338 e. The number of ether oxygens (including phenoxy) is 2. The predicted octanol–water partition coefficient (Wildman–Crippen LogP) is 4.49. The molecule has 0 atom stereocenters. The van der Waals surface area contributed by atoms with Crippen LogP contribution in [0.5, 0.6) is 0 Å². The molecule has 2 aromatic heterocycles. The van der Waals surface area contributed by atoms with Crippen molar-refractivity contribution in [2.45, 2.75) is 40.4 Å². The van der Waals surface area contributed by atoms with E-state index in [0.717, 1.165) is 5.69 Å². The number of carbonyl (C=O) groups is 2. The summed E-state index contributed by atoms with van der Waals surface area (Å²) in [6.07, 6.45) is -0.224. The Balaban J connectivity index is 1.90. The Hall–Kier alpha value is -3.19. The molecule has 3 aromatic rings. The number of nitrogens with one attached hydrogen (secondary N) is 1. The van der Waals surface area contributed by atoms with Gasteiger partial charge in [-0.2, -0.15) is 0 Å². The first-order valence-electron chi connectivity index (χ1n) is 9.47. The van der Waals surface area contributed by atoms with Gasteiger partial charge >= 0.3 is 5.97 Å². The highest BCUT2D eigenvalue weighted by atomic mass is 16.5. The molecular formula is C22H24N2O5. The monoisotopic (exact) mass is 396 g/mol. The Morgan fingerprint density at radius 2 is 1.97 bits per heavy atom. The van der Waals surface area contributed by atoms with E-state index in [9.17, 15) is 9.59 Å². The van der Waals surface area contributed by atoms with Gasteiger partial charge in [0.2, 0.25) is 0 Å². The van der Waals surface area contributed by atoms with Gasteiger partial charge in [0.15, 0.2) is 5.76 Å². The Labute approximate surface area is 169 Å². The first kappa shape index (κ1) is 20.5. The summed E-state index contributed by atoms with van der Waals surface area (Å²) in [6.45, 7) is 8.17. The van der Waals surface area contributed by atoms with Gasteiger partial charge in [0.05, 0.1) is 22.9 Å². The molecule has 0 unspecified atom stereocenters. The topological polar surface area (TPSA) is 90.7 Å². The van der Waals surface area contributed by atoms with E-state index in [0.29, 0.717) is 41.1 Å². The van der Waals surface area contributed by atoms with E-state index in [-0.39, 0.29) is 11.9 Å². The van der Waals surface area contributed by atoms with E-state index in [1.807, 2.05) is 13.8 Å². The van der Waals surface area contributed by atoms with Crippen molar-refractivity contribution in [3.63, 3.8) is 0 Å². The molecule has 0 aliphatic heterocycles. The van der Waals surface area contributed by atoms with Crippen LogP contribution in [0.15, 0.2) is 40.8 Å². The molecule has 7 heteroatoms. The van der Waals surface area contributed by atoms with Crippen molar-refractivity contribution in [2.75, 3.05) is 11.9 Å².